The Labute approximate surface area is 188 Å². The highest BCUT2D eigenvalue weighted by atomic mass is 32.2. The average molecular weight is 470 g/mol. The van der Waals surface area contributed by atoms with Crippen LogP contribution < -0.4 is 14.9 Å². The molecule has 0 unspecified atom stereocenters. The largest absolute Gasteiger partial charge is 0.378 e. The molecular formula is C20H19N7O3S2. The number of sulfonamides is 1. The van der Waals surface area contributed by atoms with Crippen molar-refractivity contribution in [3.63, 3.8) is 0 Å². The van der Waals surface area contributed by atoms with Crippen LogP contribution in [0.25, 0.3) is 11.0 Å². The van der Waals surface area contributed by atoms with Gasteiger partial charge in [0, 0.05) is 30.5 Å². The Hall–Kier alpha value is -3.35. The maximum atomic E-state index is 12.9. The average Bonchev–Trinajstić information content (AvgIpc) is 3.30. The number of benzene rings is 2. The van der Waals surface area contributed by atoms with Crippen molar-refractivity contribution in [1.82, 2.24) is 18.9 Å². The van der Waals surface area contributed by atoms with Crippen LogP contribution in [0.15, 0.2) is 59.6 Å². The number of hydrogen-bond donors (Lipinski definition) is 2. The van der Waals surface area contributed by atoms with Crippen LogP contribution in [0.2, 0.25) is 0 Å². The molecule has 0 amide bonds. The SMILES string of the molecule is O=S(=O)(Nc1ccc(Nc2cc(N3CCOCC3)cnn2)cc1)c1cccc2nsnc12. The summed E-state index contributed by atoms with van der Waals surface area (Å²) < 4.78 is 41.9. The van der Waals surface area contributed by atoms with Gasteiger partial charge in [0.1, 0.15) is 15.9 Å². The fourth-order valence-corrected chi connectivity index (χ4v) is 5.22. The highest BCUT2D eigenvalue weighted by Gasteiger charge is 2.19. The Bertz CT molecular complexity index is 1340. The number of nitrogens with zero attached hydrogens (tertiary/aromatic N) is 5. The third-order valence-corrected chi connectivity index (χ3v) is 6.92. The molecule has 0 saturated carbocycles. The van der Waals surface area contributed by atoms with Gasteiger partial charge in [-0.15, -0.1) is 5.10 Å². The Morgan fingerprint density at radius 3 is 2.59 bits per heavy atom. The fourth-order valence-electron chi connectivity index (χ4n) is 3.39. The molecule has 3 heterocycles. The predicted molar refractivity (Wildman–Crippen MR) is 123 cm³/mol. The van der Waals surface area contributed by atoms with Gasteiger partial charge in [0.25, 0.3) is 10.0 Å². The van der Waals surface area contributed by atoms with Gasteiger partial charge in [-0.2, -0.15) is 13.8 Å². The van der Waals surface area contributed by atoms with Gasteiger partial charge in [-0.05, 0) is 36.4 Å². The number of rotatable bonds is 6. The summed E-state index contributed by atoms with van der Waals surface area (Å²) in [5, 5.41) is 11.4. The summed E-state index contributed by atoms with van der Waals surface area (Å²) >= 11 is 0.982. The van der Waals surface area contributed by atoms with E-state index in [1.807, 2.05) is 6.07 Å². The maximum absolute atomic E-state index is 12.9. The minimum Gasteiger partial charge on any atom is -0.378 e. The standard InChI is InChI=1S/C20H19N7O3S2/c28-32(29,18-3-1-2-17-20(18)25-31-24-17)26-15-6-4-14(5-7-15)22-19-12-16(13-21-23-19)27-8-10-30-11-9-27/h1-7,12-13,26H,8-11H2,(H,22,23). The molecule has 2 N–H and O–H groups in total. The monoisotopic (exact) mass is 469 g/mol. The number of ether oxygens (including phenoxy) is 1. The predicted octanol–water partition coefficient (Wildman–Crippen LogP) is 2.86. The van der Waals surface area contributed by atoms with Crippen LogP contribution in [0.3, 0.4) is 0 Å². The van der Waals surface area contributed by atoms with E-state index in [1.54, 1.807) is 42.6 Å². The summed E-state index contributed by atoms with van der Waals surface area (Å²) in [4.78, 5) is 2.29. The van der Waals surface area contributed by atoms with E-state index in [4.69, 9.17) is 4.74 Å². The molecule has 1 aliphatic heterocycles. The summed E-state index contributed by atoms with van der Waals surface area (Å²) in [6.07, 6.45) is 1.73. The highest BCUT2D eigenvalue weighted by molar-refractivity contribution is 7.93. The lowest BCUT2D eigenvalue weighted by Gasteiger charge is -2.28. The summed E-state index contributed by atoms with van der Waals surface area (Å²) in [7, 11) is -3.80. The van der Waals surface area contributed by atoms with Crippen molar-refractivity contribution < 1.29 is 13.2 Å². The molecule has 4 aromatic rings. The van der Waals surface area contributed by atoms with Crippen molar-refractivity contribution >= 4 is 55.7 Å². The number of aromatic nitrogens is 4. The summed E-state index contributed by atoms with van der Waals surface area (Å²) in [6.45, 7) is 3.00. The molecule has 0 spiro atoms. The first kappa shape index (κ1) is 20.5. The Kier molecular flexibility index (Phi) is 5.55. The van der Waals surface area contributed by atoms with Crippen LogP contribution in [0, 0.1) is 0 Å². The van der Waals surface area contributed by atoms with E-state index in [1.165, 1.54) is 6.07 Å². The van der Waals surface area contributed by atoms with E-state index in [9.17, 15) is 8.42 Å². The fraction of sp³-hybridized carbons (Fsp3) is 0.200. The Balaban J connectivity index is 1.30. The summed E-state index contributed by atoms with van der Waals surface area (Å²) in [6, 6.07) is 13.7. The van der Waals surface area contributed by atoms with E-state index in [0.717, 1.165) is 36.2 Å². The van der Waals surface area contributed by atoms with Gasteiger partial charge >= 0.3 is 0 Å². The third-order valence-electron chi connectivity index (χ3n) is 4.96. The highest BCUT2D eigenvalue weighted by Crippen LogP contribution is 2.25. The molecule has 10 nitrogen and oxygen atoms in total. The number of anilines is 4. The second-order valence-corrected chi connectivity index (χ2v) is 9.27. The first-order valence-electron chi connectivity index (χ1n) is 9.85. The second-order valence-electron chi connectivity index (χ2n) is 7.09. The molecule has 164 valence electrons. The second kappa shape index (κ2) is 8.65. The van der Waals surface area contributed by atoms with Crippen LogP contribution in [0.5, 0.6) is 0 Å². The zero-order valence-electron chi connectivity index (χ0n) is 16.8. The molecular weight excluding hydrogens is 450 g/mol. The summed E-state index contributed by atoms with van der Waals surface area (Å²) in [5.41, 5.74) is 3.08. The number of morpholine rings is 1. The molecule has 0 atom stereocenters. The van der Waals surface area contributed by atoms with Gasteiger partial charge in [0.05, 0.1) is 36.8 Å². The number of hydrogen-bond acceptors (Lipinski definition) is 10. The lowest BCUT2D eigenvalue weighted by atomic mass is 10.3. The van der Waals surface area contributed by atoms with Gasteiger partial charge in [-0.3, -0.25) is 4.72 Å². The van der Waals surface area contributed by atoms with Crippen molar-refractivity contribution in [3.8, 4) is 0 Å². The van der Waals surface area contributed by atoms with Crippen molar-refractivity contribution in [3.05, 3.63) is 54.7 Å². The molecule has 12 heteroatoms. The van der Waals surface area contributed by atoms with Gasteiger partial charge in [-0.1, -0.05) is 6.07 Å². The van der Waals surface area contributed by atoms with Gasteiger partial charge in [0.15, 0.2) is 5.82 Å². The van der Waals surface area contributed by atoms with E-state index in [-0.39, 0.29) is 4.90 Å². The molecule has 0 radical (unpaired) electrons. The van der Waals surface area contributed by atoms with Crippen LogP contribution >= 0.6 is 11.7 Å². The van der Waals surface area contributed by atoms with Crippen molar-refractivity contribution in [2.75, 3.05) is 41.2 Å². The lowest BCUT2D eigenvalue weighted by Crippen LogP contribution is -2.36. The van der Waals surface area contributed by atoms with E-state index in [2.05, 4.69) is 33.9 Å². The molecule has 0 bridgehead atoms. The first-order valence-corrected chi connectivity index (χ1v) is 12.1. The molecule has 2 aromatic heterocycles. The molecule has 1 fully saturated rings. The normalized spacial score (nSPS) is 14.4. The zero-order chi connectivity index (χ0) is 22.0. The van der Waals surface area contributed by atoms with Crippen LogP contribution in [-0.4, -0.2) is 53.7 Å². The zero-order valence-corrected chi connectivity index (χ0v) is 18.4. The molecule has 0 aliphatic carbocycles. The molecule has 2 aromatic carbocycles. The molecule has 1 aliphatic rings. The number of nitrogens with one attached hydrogen (secondary N) is 2. The van der Waals surface area contributed by atoms with Gasteiger partial charge in [0.2, 0.25) is 0 Å². The minimum absolute atomic E-state index is 0.0983. The maximum Gasteiger partial charge on any atom is 0.264 e. The quantitative estimate of drug-likeness (QED) is 0.439. The van der Waals surface area contributed by atoms with E-state index < -0.39 is 10.0 Å². The number of fused-ring (bicyclic) bond motifs is 1. The Morgan fingerprint density at radius 2 is 1.78 bits per heavy atom. The molecule has 5 rings (SSSR count). The lowest BCUT2D eigenvalue weighted by molar-refractivity contribution is 0.122. The van der Waals surface area contributed by atoms with Crippen LogP contribution in [0.4, 0.5) is 22.9 Å². The van der Waals surface area contributed by atoms with E-state index >= 15 is 0 Å². The van der Waals surface area contributed by atoms with Crippen LogP contribution in [0.1, 0.15) is 0 Å². The Morgan fingerprint density at radius 1 is 1.00 bits per heavy atom. The third kappa shape index (κ3) is 4.33. The van der Waals surface area contributed by atoms with Crippen molar-refractivity contribution in [1.29, 1.82) is 0 Å². The van der Waals surface area contributed by atoms with Crippen molar-refractivity contribution in [2.24, 2.45) is 0 Å². The van der Waals surface area contributed by atoms with Crippen LogP contribution in [-0.2, 0) is 14.8 Å². The topological polar surface area (TPSA) is 122 Å². The van der Waals surface area contributed by atoms with E-state index in [0.29, 0.717) is 35.8 Å². The molecule has 1 saturated heterocycles. The molecule has 32 heavy (non-hydrogen) atoms. The van der Waals surface area contributed by atoms with Crippen molar-refractivity contribution in [2.45, 2.75) is 4.90 Å². The summed E-state index contributed by atoms with van der Waals surface area (Å²) in [5.74, 6) is 0.602. The van der Waals surface area contributed by atoms with Gasteiger partial charge in [-0.25, -0.2) is 8.42 Å². The first-order chi connectivity index (χ1) is 15.6. The van der Waals surface area contributed by atoms with Gasteiger partial charge < -0.3 is 15.0 Å². The minimum atomic E-state index is -3.80. The smallest absolute Gasteiger partial charge is 0.264 e.